The van der Waals surface area contributed by atoms with Crippen molar-refractivity contribution in [3.05, 3.63) is 35.1 Å². The van der Waals surface area contributed by atoms with Gasteiger partial charge in [-0.3, -0.25) is 4.90 Å². The van der Waals surface area contributed by atoms with Gasteiger partial charge in [0, 0.05) is 37.8 Å². The van der Waals surface area contributed by atoms with Crippen LogP contribution in [-0.4, -0.2) is 31.1 Å². The van der Waals surface area contributed by atoms with Gasteiger partial charge >= 0.3 is 6.18 Å². The first-order valence-corrected chi connectivity index (χ1v) is 7.77. The van der Waals surface area contributed by atoms with E-state index in [0.717, 1.165) is 51.5 Å². The molecule has 24 heavy (non-hydrogen) atoms. The van der Waals surface area contributed by atoms with Crippen molar-refractivity contribution in [1.29, 1.82) is 0 Å². The largest absolute Gasteiger partial charge is 0.419 e. The zero-order valence-corrected chi connectivity index (χ0v) is 14.7. The summed E-state index contributed by atoms with van der Waals surface area (Å²) in [5.74, 6) is -0.576. The average molecular weight is 389 g/mol. The minimum absolute atomic E-state index is 0. The minimum Gasteiger partial charge on any atom is -0.314 e. The fourth-order valence-electron chi connectivity index (χ4n) is 3.16. The van der Waals surface area contributed by atoms with E-state index in [9.17, 15) is 17.6 Å². The summed E-state index contributed by atoms with van der Waals surface area (Å²) in [6.07, 6.45) is -1.70. The number of hydrogen-bond acceptors (Lipinski definition) is 2. The van der Waals surface area contributed by atoms with E-state index in [1.54, 1.807) is 0 Å². The average Bonchev–Trinajstić information content (AvgIpc) is 3.29. The molecule has 1 aliphatic heterocycles. The van der Waals surface area contributed by atoms with Crippen LogP contribution in [0, 0.1) is 11.7 Å². The second kappa shape index (κ2) is 8.70. The van der Waals surface area contributed by atoms with E-state index in [1.165, 1.54) is 12.1 Å². The van der Waals surface area contributed by atoms with Crippen LogP contribution in [0.4, 0.5) is 17.6 Å². The number of nitrogens with one attached hydrogen (secondary N) is 1. The third-order valence-corrected chi connectivity index (χ3v) is 4.54. The molecule has 1 saturated heterocycles. The number of benzene rings is 1. The number of halogens is 6. The monoisotopic (exact) mass is 388 g/mol. The van der Waals surface area contributed by atoms with Crippen LogP contribution in [0.3, 0.4) is 0 Å². The van der Waals surface area contributed by atoms with Crippen molar-refractivity contribution >= 4 is 24.8 Å². The van der Waals surface area contributed by atoms with E-state index in [0.29, 0.717) is 5.92 Å². The van der Waals surface area contributed by atoms with Crippen molar-refractivity contribution in [3.63, 3.8) is 0 Å². The van der Waals surface area contributed by atoms with Crippen LogP contribution < -0.4 is 5.32 Å². The molecular formula is C16H22Cl2F4N2. The van der Waals surface area contributed by atoms with Crippen molar-refractivity contribution < 1.29 is 17.6 Å². The van der Waals surface area contributed by atoms with E-state index in [2.05, 4.69) is 10.2 Å². The van der Waals surface area contributed by atoms with Crippen LogP contribution in [-0.2, 0) is 6.18 Å². The lowest BCUT2D eigenvalue weighted by atomic mass is 9.96. The summed E-state index contributed by atoms with van der Waals surface area (Å²) >= 11 is 0. The summed E-state index contributed by atoms with van der Waals surface area (Å²) in [6.45, 7) is 3.07. The molecule has 0 radical (unpaired) electrons. The van der Waals surface area contributed by atoms with Gasteiger partial charge in [0.2, 0.25) is 0 Å². The molecule has 2 aliphatic rings. The molecule has 138 valence electrons. The molecule has 1 aromatic rings. The number of rotatable bonds is 4. The van der Waals surface area contributed by atoms with Gasteiger partial charge in [-0.25, -0.2) is 4.39 Å². The molecule has 1 aliphatic carbocycles. The predicted octanol–water partition coefficient (Wildman–Crippen LogP) is 4.43. The highest BCUT2D eigenvalue weighted by Crippen LogP contribution is 2.42. The van der Waals surface area contributed by atoms with Gasteiger partial charge in [0.1, 0.15) is 5.82 Å². The maximum Gasteiger partial charge on any atom is 0.419 e. The Hall–Kier alpha value is -0.560. The molecule has 1 N–H and O–H groups in total. The smallest absolute Gasteiger partial charge is 0.314 e. The lowest BCUT2D eigenvalue weighted by Crippen LogP contribution is -2.45. The highest BCUT2D eigenvalue weighted by atomic mass is 35.5. The zero-order valence-electron chi connectivity index (χ0n) is 13.1. The third kappa shape index (κ3) is 4.97. The SMILES string of the molecule is Cl.Cl.Fc1c([C@H](CC2CC2)N2CCNCC2)cccc1C(F)(F)F. The molecule has 0 bridgehead atoms. The molecule has 0 amide bonds. The molecule has 1 atom stereocenters. The molecule has 0 aromatic heterocycles. The third-order valence-electron chi connectivity index (χ3n) is 4.54. The Bertz CT molecular complexity index is 529. The van der Waals surface area contributed by atoms with Crippen LogP contribution in [0.2, 0.25) is 0 Å². The summed E-state index contributed by atoms with van der Waals surface area (Å²) in [6, 6.07) is 3.41. The van der Waals surface area contributed by atoms with Crippen LogP contribution in [0.1, 0.15) is 36.4 Å². The van der Waals surface area contributed by atoms with Crippen molar-refractivity contribution in [2.24, 2.45) is 5.92 Å². The lowest BCUT2D eigenvalue weighted by molar-refractivity contribution is -0.140. The second-order valence-electron chi connectivity index (χ2n) is 6.19. The molecule has 1 heterocycles. The van der Waals surface area contributed by atoms with Crippen molar-refractivity contribution in [3.8, 4) is 0 Å². The van der Waals surface area contributed by atoms with Crippen molar-refractivity contribution in [2.75, 3.05) is 26.2 Å². The van der Waals surface area contributed by atoms with Gasteiger partial charge in [-0.2, -0.15) is 13.2 Å². The Morgan fingerprint density at radius 3 is 2.29 bits per heavy atom. The van der Waals surface area contributed by atoms with E-state index >= 15 is 0 Å². The van der Waals surface area contributed by atoms with Crippen LogP contribution in [0.15, 0.2) is 18.2 Å². The highest BCUT2D eigenvalue weighted by molar-refractivity contribution is 5.85. The molecule has 1 saturated carbocycles. The number of piperazine rings is 1. The minimum atomic E-state index is -4.65. The molecule has 3 rings (SSSR count). The van der Waals surface area contributed by atoms with Gasteiger partial charge in [-0.1, -0.05) is 25.0 Å². The molecule has 0 unspecified atom stereocenters. The first-order valence-electron chi connectivity index (χ1n) is 7.77. The van der Waals surface area contributed by atoms with Crippen LogP contribution in [0.5, 0.6) is 0 Å². The first-order chi connectivity index (χ1) is 10.5. The van der Waals surface area contributed by atoms with Crippen LogP contribution >= 0.6 is 24.8 Å². The van der Waals surface area contributed by atoms with E-state index < -0.39 is 17.6 Å². The van der Waals surface area contributed by atoms with Crippen molar-refractivity contribution in [1.82, 2.24) is 10.2 Å². The predicted molar refractivity (Wildman–Crippen MR) is 90.4 cm³/mol. The maximum atomic E-state index is 14.5. The Morgan fingerprint density at radius 2 is 1.75 bits per heavy atom. The van der Waals surface area contributed by atoms with Gasteiger partial charge < -0.3 is 5.32 Å². The zero-order chi connectivity index (χ0) is 15.7. The fourth-order valence-corrected chi connectivity index (χ4v) is 3.16. The van der Waals surface area contributed by atoms with E-state index in [4.69, 9.17) is 0 Å². The Morgan fingerprint density at radius 1 is 1.12 bits per heavy atom. The first kappa shape index (κ1) is 21.5. The van der Waals surface area contributed by atoms with Gasteiger partial charge in [-0.05, 0) is 18.4 Å². The quantitative estimate of drug-likeness (QED) is 0.767. The summed E-state index contributed by atoms with van der Waals surface area (Å²) in [7, 11) is 0. The normalized spacial score (nSPS) is 20.0. The second-order valence-corrected chi connectivity index (χ2v) is 6.19. The molecule has 2 fully saturated rings. The van der Waals surface area contributed by atoms with Gasteiger partial charge in [0.15, 0.2) is 0 Å². The molecule has 0 spiro atoms. The van der Waals surface area contributed by atoms with E-state index in [-0.39, 0.29) is 36.4 Å². The molecular weight excluding hydrogens is 367 g/mol. The van der Waals surface area contributed by atoms with Gasteiger partial charge in [0.25, 0.3) is 0 Å². The van der Waals surface area contributed by atoms with Crippen molar-refractivity contribution in [2.45, 2.75) is 31.5 Å². The topological polar surface area (TPSA) is 15.3 Å². The van der Waals surface area contributed by atoms with Crippen LogP contribution in [0.25, 0.3) is 0 Å². The lowest BCUT2D eigenvalue weighted by Gasteiger charge is -2.35. The standard InChI is InChI=1S/C16H20F4N2.2ClH/c17-15-12(2-1-3-13(15)16(18,19)20)14(10-11-4-5-11)22-8-6-21-7-9-22;;/h1-3,11,14,21H,4-10H2;2*1H/t14-;;/m0../s1. The van der Waals surface area contributed by atoms with E-state index in [1.807, 2.05) is 0 Å². The number of hydrogen-bond donors (Lipinski definition) is 1. The molecule has 8 heteroatoms. The van der Waals surface area contributed by atoms with Gasteiger partial charge in [-0.15, -0.1) is 24.8 Å². The maximum absolute atomic E-state index is 14.5. The number of nitrogens with zero attached hydrogens (tertiary/aromatic N) is 1. The fraction of sp³-hybridized carbons (Fsp3) is 0.625. The Balaban J connectivity index is 0.00000144. The van der Waals surface area contributed by atoms with Gasteiger partial charge in [0.05, 0.1) is 5.56 Å². The Labute approximate surface area is 151 Å². The summed E-state index contributed by atoms with van der Waals surface area (Å²) in [5.41, 5.74) is -0.954. The number of alkyl halides is 3. The molecule has 1 aromatic carbocycles. The summed E-state index contributed by atoms with van der Waals surface area (Å²) < 4.78 is 53.3. The molecule has 2 nitrogen and oxygen atoms in total. The summed E-state index contributed by atoms with van der Waals surface area (Å²) in [5, 5.41) is 3.22. The Kier molecular flexibility index (Phi) is 7.78. The highest BCUT2D eigenvalue weighted by Gasteiger charge is 2.38. The summed E-state index contributed by atoms with van der Waals surface area (Å²) in [4.78, 5) is 2.12.